The molecule has 0 aliphatic carbocycles. The van der Waals surface area contributed by atoms with Crippen LogP contribution in [-0.2, 0) is 20.8 Å². The minimum absolute atomic E-state index is 0.00843. The summed E-state index contributed by atoms with van der Waals surface area (Å²) in [6, 6.07) is 0. The molecule has 0 radical (unpaired) electrons. The summed E-state index contributed by atoms with van der Waals surface area (Å²) in [5, 5.41) is 7.22. The van der Waals surface area contributed by atoms with Crippen LogP contribution in [0.3, 0.4) is 0 Å². The molecule has 19 heavy (non-hydrogen) atoms. The fraction of sp³-hybridized carbons (Fsp3) is 0.636. The molecule has 1 aromatic rings. The van der Waals surface area contributed by atoms with Crippen molar-refractivity contribution in [2.24, 2.45) is 0 Å². The molecule has 1 aromatic heterocycles. The molecule has 0 bridgehead atoms. The molecule has 8 heteroatoms. The number of ether oxygens (including phenoxy) is 2. The van der Waals surface area contributed by atoms with Crippen LogP contribution in [0.15, 0.2) is 0 Å². The summed E-state index contributed by atoms with van der Waals surface area (Å²) in [6.07, 6.45) is 1.73. The van der Waals surface area contributed by atoms with E-state index in [9.17, 15) is 9.59 Å². The average molecular weight is 270 g/mol. The van der Waals surface area contributed by atoms with Crippen molar-refractivity contribution in [2.75, 3.05) is 18.9 Å². The summed E-state index contributed by atoms with van der Waals surface area (Å²) in [7, 11) is 0. The van der Waals surface area contributed by atoms with Gasteiger partial charge in [-0.3, -0.25) is 4.79 Å². The Bertz CT molecular complexity index is 444. The Morgan fingerprint density at radius 2 is 2.05 bits per heavy atom. The molecule has 8 nitrogen and oxygen atoms in total. The minimum Gasteiger partial charge on any atom is -0.464 e. The minimum atomic E-state index is -0.661. The SMILES string of the molecule is CCCCOC(=O)Cn1nnc(C(=O)OCC)c1N. The van der Waals surface area contributed by atoms with Crippen molar-refractivity contribution < 1.29 is 19.1 Å². The Kier molecular flexibility index (Phi) is 5.77. The molecule has 0 unspecified atom stereocenters. The highest BCUT2D eigenvalue weighted by Gasteiger charge is 2.20. The molecule has 0 aliphatic heterocycles. The van der Waals surface area contributed by atoms with Gasteiger partial charge in [0.1, 0.15) is 6.54 Å². The smallest absolute Gasteiger partial charge is 0.362 e. The van der Waals surface area contributed by atoms with E-state index >= 15 is 0 Å². The van der Waals surface area contributed by atoms with Crippen LogP contribution in [0.25, 0.3) is 0 Å². The van der Waals surface area contributed by atoms with E-state index in [0.717, 1.165) is 17.5 Å². The number of nitrogens with two attached hydrogens (primary N) is 1. The number of carbonyl (C=O) groups excluding carboxylic acids is 2. The lowest BCUT2D eigenvalue weighted by Gasteiger charge is -2.04. The van der Waals surface area contributed by atoms with Crippen LogP contribution in [0.1, 0.15) is 37.2 Å². The summed E-state index contributed by atoms with van der Waals surface area (Å²) in [4.78, 5) is 22.9. The molecule has 0 saturated heterocycles. The van der Waals surface area contributed by atoms with Crippen LogP contribution >= 0.6 is 0 Å². The summed E-state index contributed by atoms with van der Waals surface area (Å²) in [5.74, 6) is -1.14. The zero-order valence-electron chi connectivity index (χ0n) is 11.1. The zero-order valence-corrected chi connectivity index (χ0v) is 11.1. The summed E-state index contributed by atoms with van der Waals surface area (Å²) in [6.45, 7) is 4.05. The van der Waals surface area contributed by atoms with Crippen LogP contribution < -0.4 is 5.73 Å². The molecular formula is C11H18N4O4. The maximum absolute atomic E-state index is 11.5. The van der Waals surface area contributed by atoms with Gasteiger partial charge in [0, 0.05) is 0 Å². The number of anilines is 1. The zero-order chi connectivity index (χ0) is 14.3. The summed E-state index contributed by atoms with van der Waals surface area (Å²) in [5.41, 5.74) is 5.57. The monoisotopic (exact) mass is 270 g/mol. The van der Waals surface area contributed by atoms with E-state index < -0.39 is 11.9 Å². The lowest BCUT2D eigenvalue weighted by molar-refractivity contribution is -0.144. The highest BCUT2D eigenvalue weighted by atomic mass is 16.5. The van der Waals surface area contributed by atoms with Crippen molar-refractivity contribution in [2.45, 2.75) is 33.2 Å². The van der Waals surface area contributed by atoms with Gasteiger partial charge in [-0.1, -0.05) is 18.6 Å². The molecule has 106 valence electrons. The second-order valence-corrected chi connectivity index (χ2v) is 3.78. The normalized spacial score (nSPS) is 10.2. The van der Waals surface area contributed by atoms with E-state index in [0.29, 0.717) is 6.61 Å². The molecule has 0 saturated carbocycles. The van der Waals surface area contributed by atoms with Crippen molar-refractivity contribution >= 4 is 17.8 Å². The third kappa shape index (κ3) is 4.23. The Morgan fingerprint density at radius 1 is 1.32 bits per heavy atom. The van der Waals surface area contributed by atoms with Gasteiger partial charge in [-0.05, 0) is 13.3 Å². The van der Waals surface area contributed by atoms with E-state index in [1.165, 1.54) is 0 Å². The maximum Gasteiger partial charge on any atom is 0.362 e. The van der Waals surface area contributed by atoms with Crippen LogP contribution in [0, 0.1) is 0 Å². The third-order valence-electron chi connectivity index (χ3n) is 2.28. The van der Waals surface area contributed by atoms with E-state index in [-0.39, 0.29) is 24.7 Å². The van der Waals surface area contributed by atoms with Crippen LogP contribution in [-0.4, -0.2) is 40.1 Å². The molecular weight excluding hydrogens is 252 g/mol. The molecule has 2 N–H and O–H groups in total. The number of hydrogen-bond acceptors (Lipinski definition) is 7. The fourth-order valence-electron chi connectivity index (χ4n) is 1.28. The number of rotatable bonds is 7. The maximum atomic E-state index is 11.5. The number of aromatic nitrogens is 3. The van der Waals surface area contributed by atoms with Gasteiger partial charge in [0.05, 0.1) is 13.2 Å². The van der Waals surface area contributed by atoms with Gasteiger partial charge in [0.25, 0.3) is 0 Å². The molecule has 0 atom stereocenters. The average Bonchev–Trinajstić information content (AvgIpc) is 2.72. The first-order chi connectivity index (χ1) is 9.10. The number of nitrogens with zero attached hydrogens (tertiary/aromatic N) is 3. The largest absolute Gasteiger partial charge is 0.464 e. The van der Waals surface area contributed by atoms with Crippen molar-refractivity contribution in [3.63, 3.8) is 0 Å². The van der Waals surface area contributed by atoms with E-state index in [1.54, 1.807) is 6.92 Å². The van der Waals surface area contributed by atoms with Gasteiger partial charge < -0.3 is 15.2 Å². The molecule has 0 aromatic carbocycles. The van der Waals surface area contributed by atoms with Crippen molar-refractivity contribution in [1.82, 2.24) is 15.0 Å². The quantitative estimate of drug-likeness (QED) is 0.563. The number of nitrogen functional groups attached to an aromatic ring is 1. The van der Waals surface area contributed by atoms with E-state index in [2.05, 4.69) is 10.3 Å². The Hall–Kier alpha value is -2.12. The van der Waals surface area contributed by atoms with E-state index in [4.69, 9.17) is 15.2 Å². The Balaban J connectivity index is 2.60. The first-order valence-corrected chi connectivity index (χ1v) is 6.11. The molecule has 0 spiro atoms. The molecule has 1 heterocycles. The third-order valence-corrected chi connectivity index (χ3v) is 2.28. The number of esters is 2. The lowest BCUT2D eigenvalue weighted by Crippen LogP contribution is -2.17. The number of carbonyl (C=O) groups is 2. The molecule has 0 fully saturated rings. The van der Waals surface area contributed by atoms with Gasteiger partial charge in [-0.15, -0.1) is 5.10 Å². The van der Waals surface area contributed by atoms with Gasteiger partial charge >= 0.3 is 11.9 Å². The summed E-state index contributed by atoms with van der Waals surface area (Å²) >= 11 is 0. The van der Waals surface area contributed by atoms with Crippen molar-refractivity contribution in [1.29, 1.82) is 0 Å². The highest BCUT2D eigenvalue weighted by Crippen LogP contribution is 2.09. The molecule has 0 aliphatic rings. The first kappa shape index (κ1) is 14.9. The van der Waals surface area contributed by atoms with E-state index in [1.807, 2.05) is 6.92 Å². The van der Waals surface area contributed by atoms with Crippen LogP contribution in [0.2, 0.25) is 0 Å². The first-order valence-electron chi connectivity index (χ1n) is 6.11. The van der Waals surface area contributed by atoms with Gasteiger partial charge in [0.15, 0.2) is 5.82 Å². The predicted molar refractivity (Wildman–Crippen MR) is 66.3 cm³/mol. The second-order valence-electron chi connectivity index (χ2n) is 3.78. The lowest BCUT2D eigenvalue weighted by atomic mass is 10.4. The molecule has 1 rings (SSSR count). The number of unbranched alkanes of at least 4 members (excludes halogenated alkanes) is 1. The highest BCUT2D eigenvalue weighted by molar-refractivity contribution is 5.92. The number of hydrogen-bond donors (Lipinski definition) is 1. The van der Waals surface area contributed by atoms with Crippen molar-refractivity contribution in [3.05, 3.63) is 5.69 Å². The Morgan fingerprint density at radius 3 is 2.68 bits per heavy atom. The standard InChI is InChI=1S/C11H18N4O4/c1-3-5-6-19-8(16)7-15-10(12)9(13-14-15)11(17)18-4-2/h3-7,12H2,1-2H3. The Labute approximate surface area is 110 Å². The topological polar surface area (TPSA) is 109 Å². The van der Waals surface area contributed by atoms with Gasteiger partial charge in [-0.25, -0.2) is 9.48 Å². The van der Waals surface area contributed by atoms with Crippen LogP contribution in [0.4, 0.5) is 5.82 Å². The second kappa shape index (κ2) is 7.34. The van der Waals surface area contributed by atoms with Crippen molar-refractivity contribution in [3.8, 4) is 0 Å². The van der Waals surface area contributed by atoms with Gasteiger partial charge in [0.2, 0.25) is 5.69 Å². The fourth-order valence-corrected chi connectivity index (χ4v) is 1.28. The summed E-state index contributed by atoms with van der Waals surface area (Å²) < 4.78 is 10.8. The molecule has 0 amide bonds. The van der Waals surface area contributed by atoms with Crippen LogP contribution in [0.5, 0.6) is 0 Å². The van der Waals surface area contributed by atoms with Gasteiger partial charge in [-0.2, -0.15) is 0 Å². The predicted octanol–water partition coefficient (Wildman–Crippen LogP) is 0.380.